The molecule has 1 rings (SSSR count). The summed E-state index contributed by atoms with van der Waals surface area (Å²) in [5.41, 5.74) is 0. The number of rotatable bonds is 6. The Morgan fingerprint density at radius 3 is 2.71 bits per heavy atom. The van der Waals surface area contributed by atoms with Gasteiger partial charge in [-0.25, -0.2) is 4.57 Å². The van der Waals surface area contributed by atoms with E-state index in [0.29, 0.717) is 6.61 Å². The first-order chi connectivity index (χ1) is 6.83. The first-order valence-electron chi connectivity index (χ1n) is 4.49. The monoisotopic (exact) mass is 212 g/mol. The Kier molecular flexibility index (Phi) is 5.20. The fraction of sp³-hybridized carbons (Fsp3) is 0.400. The van der Waals surface area contributed by atoms with E-state index in [1.54, 1.807) is 0 Å². The van der Waals surface area contributed by atoms with Crippen LogP contribution in [-0.2, 0) is 9.09 Å². The minimum Gasteiger partial charge on any atom is -0.493 e. The summed E-state index contributed by atoms with van der Waals surface area (Å²) in [5.74, 6) is 0.847. The molecule has 0 amide bonds. The Labute approximate surface area is 85.3 Å². The summed E-state index contributed by atoms with van der Waals surface area (Å²) < 4.78 is 20.3. The molecule has 0 bridgehead atoms. The molecule has 14 heavy (non-hydrogen) atoms. The number of ether oxygens (including phenoxy) is 1. The van der Waals surface area contributed by atoms with E-state index in [-0.39, 0.29) is 14.8 Å². The average molecular weight is 212 g/mol. The largest absolute Gasteiger partial charge is 0.493 e. The molecule has 0 aliphatic heterocycles. The van der Waals surface area contributed by atoms with Gasteiger partial charge in [0, 0.05) is 6.42 Å². The molecule has 0 aliphatic carbocycles. The highest BCUT2D eigenvalue weighted by atomic mass is 31.1. The third-order valence-corrected chi connectivity index (χ3v) is 2.21. The highest BCUT2D eigenvalue weighted by Crippen LogP contribution is 2.11. The maximum absolute atomic E-state index is 10.1. The summed E-state index contributed by atoms with van der Waals surface area (Å²) in [7, 11) is -0.270. The molecule has 0 spiro atoms. The van der Waals surface area contributed by atoms with Crippen LogP contribution in [0.1, 0.15) is 13.3 Å². The lowest BCUT2D eigenvalue weighted by Gasteiger charge is -2.08. The van der Waals surface area contributed by atoms with Gasteiger partial charge < -0.3 is 4.74 Å². The van der Waals surface area contributed by atoms with Crippen molar-refractivity contribution in [2.45, 2.75) is 19.4 Å². The van der Waals surface area contributed by atoms with E-state index in [1.807, 2.05) is 37.3 Å². The van der Waals surface area contributed by atoms with Crippen LogP contribution in [0.15, 0.2) is 30.3 Å². The lowest BCUT2D eigenvalue weighted by atomic mass is 10.3. The molecular formula is C10H13O3P. The van der Waals surface area contributed by atoms with Crippen LogP contribution in [-0.4, -0.2) is 12.7 Å². The third kappa shape index (κ3) is 4.35. The summed E-state index contributed by atoms with van der Waals surface area (Å²) in [4.78, 5) is 0. The summed E-state index contributed by atoms with van der Waals surface area (Å²) in [5, 5.41) is 0. The first-order valence-corrected chi connectivity index (χ1v) is 5.22. The van der Waals surface area contributed by atoms with Crippen LogP contribution in [0.2, 0.25) is 0 Å². The van der Waals surface area contributed by atoms with Gasteiger partial charge in [-0.3, -0.25) is 4.52 Å². The average Bonchev–Trinajstić information content (AvgIpc) is 2.20. The summed E-state index contributed by atoms with van der Waals surface area (Å²) in [6, 6.07) is 9.58. The Bertz CT molecular complexity index is 263. The van der Waals surface area contributed by atoms with Gasteiger partial charge in [0.05, 0.1) is 12.7 Å². The van der Waals surface area contributed by atoms with E-state index < -0.39 is 0 Å². The van der Waals surface area contributed by atoms with Crippen molar-refractivity contribution >= 4 is 8.69 Å². The van der Waals surface area contributed by atoms with E-state index in [2.05, 4.69) is 0 Å². The van der Waals surface area contributed by atoms with Crippen molar-refractivity contribution in [1.29, 1.82) is 0 Å². The Morgan fingerprint density at radius 2 is 2.07 bits per heavy atom. The molecule has 1 atom stereocenters. The summed E-state index contributed by atoms with van der Waals surface area (Å²) in [6.45, 7) is 2.43. The summed E-state index contributed by atoms with van der Waals surface area (Å²) >= 11 is 0. The van der Waals surface area contributed by atoms with Gasteiger partial charge in [-0.2, -0.15) is 0 Å². The molecule has 0 N–H and O–H groups in total. The molecule has 0 aromatic heterocycles. The van der Waals surface area contributed by atoms with E-state index in [4.69, 9.17) is 9.26 Å². The molecule has 0 saturated carbocycles. The van der Waals surface area contributed by atoms with Crippen molar-refractivity contribution in [1.82, 2.24) is 0 Å². The van der Waals surface area contributed by atoms with Crippen LogP contribution in [0, 0.1) is 0 Å². The van der Waals surface area contributed by atoms with Crippen LogP contribution in [0.3, 0.4) is 0 Å². The molecule has 0 saturated heterocycles. The lowest BCUT2D eigenvalue weighted by molar-refractivity contribution is 0.192. The maximum Gasteiger partial charge on any atom is 0.327 e. The molecule has 0 fully saturated rings. The molecule has 4 heteroatoms. The Balaban J connectivity index is 2.18. The van der Waals surface area contributed by atoms with Crippen LogP contribution < -0.4 is 4.74 Å². The second-order valence-corrected chi connectivity index (χ2v) is 3.30. The predicted molar refractivity (Wildman–Crippen MR) is 54.7 cm³/mol. The molecule has 1 unspecified atom stereocenters. The van der Waals surface area contributed by atoms with Crippen molar-refractivity contribution in [2.75, 3.05) is 6.61 Å². The van der Waals surface area contributed by atoms with Crippen molar-refractivity contribution in [2.24, 2.45) is 0 Å². The molecular weight excluding hydrogens is 199 g/mol. The Hall–Kier alpha value is -0.920. The quantitative estimate of drug-likeness (QED) is 0.680. The van der Waals surface area contributed by atoms with Gasteiger partial charge >= 0.3 is 8.69 Å². The number of hydrogen-bond acceptors (Lipinski definition) is 3. The third-order valence-electron chi connectivity index (χ3n) is 1.76. The van der Waals surface area contributed by atoms with Gasteiger partial charge in [0.25, 0.3) is 0 Å². The maximum atomic E-state index is 10.1. The van der Waals surface area contributed by atoms with Crippen molar-refractivity contribution in [3.8, 4) is 5.75 Å². The minimum atomic E-state index is -0.270. The van der Waals surface area contributed by atoms with Crippen LogP contribution in [0.4, 0.5) is 0 Å². The van der Waals surface area contributed by atoms with Crippen molar-refractivity contribution in [3.63, 3.8) is 0 Å². The number of hydrogen-bond donors (Lipinski definition) is 0. The molecule has 1 aromatic carbocycles. The molecule has 0 heterocycles. The van der Waals surface area contributed by atoms with Gasteiger partial charge in [-0.1, -0.05) is 18.2 Å². The minimum absolute atomic E-state index is 0.0436. The van der Waals surface area contributed by atoms with Crippen molar-refractivity contribution in [3.05, 3.63) is 30.3 Å². The fourth-order valence-corrected chi connectivity index (χ4v) is 1.24. The molecule has 0 aliphatic rings. The van der Waals surface area contributed by atoms with Crippen LogP contribution in [0.5, 0.6) is 5.75 Å². The topological polar surface area (TPSA) is 35.5 Å². The lowest BCUT2D eigenvalue weighted by Crippen LogP contribution is -2.08. The number of benzene rings is 1. The molecule has 1 aromatic rings. The van der Waals surface area contributed by atoms with Gasteiger partial charge in [0.15, 0.2) is 0 Å². The molecule has 76 valence electrons. The standard InChI is InChI=1S/C10H13O3P/c1-9(13-14-11)7-8-12-10-5-3-2-4-6-10/h2-6,9H,7-8H2,1H3. The van der Waals surface area contributed by atoms with E-state index in [1.165, 1.54) is 0 Å². The zero-order chi connectivity index (χ0) is 10.2. The van der Waals surface area contributed by atoms with E-state index in [9.17, 15) is 4.57 Å². The Morgan fingerprint density at radius 1 is 1.36 bits per heavy atom. The van der Waals surface area contributed by atoms with Gasteiger partial charge in [0.1, 0.15) is 5.75 Å². The van der Waals surface area contributed by atoms with Crippen molar-refractivity contribution < 1.29 is 13.8 Å². The van der Waals surface area contributed by atoms with E-state index in [0.717, 1.165) is 12.2 Å². The van der Waals surface area contributed by atoms with Gasteiger partial charge in [-0.05, 0) is 19.1 Å². The van der Waals surface area contributed by atoms with Crippen LogP contribution >= 0.6 is 8.69 Å². The normalized spacial score (nSPS) is 12.6. The highest BCUT2D eigenvalue weighted by Gasteiger charge is 2.01. The smallest absolute Gasteiger partial charge is 0.327 e. The van der Waals surface area contributed by atoms with Gasteiger partial charge in [0.2, 0.25) is 0 Å². The second-order valence-electron chi connectivity index (χ2n) is 2.94. The predicted octanol–water partition coefficient (Wildman–Crippen LogP) is 3.07. The zero-order valence-electron chi connectivity index (χ0n) is 8.05. The number of para-hydroxylation sites is 1. The fourth-order valence-electron chi connectivity index (χ4n) is 0.986. The highest BCUT2D eigenvalue weighted by molar-refractivity contribution is 7.17. The SMILES string of the molecule is CC(CCOc1ccccc1)OP=O. The summed E-state index contributed by atoms with van der Waals surface area (Å²) in [6.07, 6.45) is 0.683. The zero-order valence-corrected chi connectivity index (χ0v) is 8.94. The van der Waals surface area contributed by atoms with Crippen LogP contribution in [0.25, 0.3) is 0 Å². The molecule has 0 radical (unpaired) electrons. The molecule has 3 nitrogen and oxygen atoms in total. The van der Waals surface area contributed by atoms with E-state index >= 15 is 0 Å². The van der Waals surface area contributed by atoms with Gasteiger partial charge in [-0.15, -0.1) is 0 Å². The second kappa shape index (κ2) is 6.52. The first kappa shape index (κ1) is 11.2.